The van der Waals surface area contributed by atoms with Gasteiger partial charge in [0.25, 0.3) is 0 Å². The van der Waals surface area contributed by atoms with Gasteiger partial charge in [-0.1, -0.05) is 15.9 Å². The summed E-state index contributed by atoms with van der Waals surface area (Å²) in [5.74, 6) is 1.07. The van der Waals surface area contributed by atoms with Crippen LogP contribution < -0.4 is 20.1 Å². The van der Waals surface area contributed by atoms with Crippen molar-refractivity contribution in [2.24, 2.45) is 5.92 Å². The maximum Gasteiger partial charge on any atom is 0.238 e. The van der Waals surface area contributed by atoms with E-state index in [1.807, 2.05) is 25.1 Å². The maximum absolute atomic E-state index is 12.6. The highest BCUT2D eigenvalue weighted by molar-refractivity contribution is 9.10. The fraction of sp³-hybridized carbons (Fsp3) is 0.391. The zero-order valence-electron chi connectivity index (χ0n) is 18.0. The van der Waals surface area contributed by atoms with Crippen molar-refractivity contribution in [1.82, 2.24) is 4.90 Å². The number of ether oxygens (including phenoxy) is 2. The van der Waals surface area contributed by atoms with Crippen LogP contribution >= 0.6 is 15.9 Å². The lowest BCUT2D eigenvalue weighted by Gasteiger charge is -2.30. The van der Waals surface area contributed by atoms with E-state index in [4.69, 9.17) is 9.47 Å². The Morgan fingerprint density at radius 1 is 1.03 bits per heavy atom. The SMILES string of the molecule is COc1ccc(NC(=O)CN2CCC(C(=O)Nc3ccc(Br)cc3C)CC2)cc1OC. The molecule has 0 radical (unpaired) electrons. The molecule has 0 bridgehead atoms. The Morgan fingerprint density at radius 3 is 2.39 bits per heavy atom. The molecule has 2 aromatic rings. The summed E-state index contributed by atoms with van der Waals surface area (Å²) < 4.78 is 11.5. The van der Waals surface area contributed by atoms with E-state index < -0.39 is 0 Å². The molecule has 0 spiro atoms. The van der Waals surface area contributed by atoms with E-state index in [0.717, 1.165) is 28.6 Å². The first-order valence-corrected chi connectivity index (χ1v) is 11.0. The highest BCUT2D eigenvalue weighted by Gasteiger charge is 2.26. The van der Waals surface area contributed by atoms with Crippen LogP contribution in [0.5, 0.6) is 11.5 Å². The fourth-order valence-corrected chi connectivity index (χ4v) is 4.15. The number of benzene rings is 2. The van der Waals surface area contributed by atoms with Crippen molar-refractivity contribution < 1.29 is 19.1 Å². The fourth-order valence-electron chi connectivity index (χ4n) is 3.67. The molecule has 0 saturated carbocycles. The van der Waals surface area contributed by atoms with Gasteiger partial charge in [-0.25, -0.2) is 0 Å². The van der Waals surface area contributed by atoms with Crippen LogP contribution in [0.4, 0.5) is 11.4 Å². The van der Waals surface area contributed by atoms with E-state index in [1.54, 1.807) is 32.4 Å². The van der Waals surface area contributed by atoms with Crippen molar-refractivity contribution in [1.29, 1.82) is 0 Å². The molecule has 0 unspecified atom stereocenters. The molecular weight excluding hydrogens is 462 g/mol. The number of hydrogen-bond donors (Lipinski definition) is 2. The second kappa shape index (κ2) is 10.6. The first-order chi connectivity index (χ1) is 14.9. The van der Waals surface area contributed by atoms with Gasteiger partial charge in [0, 0.05) is 27.8 Å². The Kier molecular flexibility index (Phi) is 7.92. The Morgan fingerprint density at radius 2 is 1.74 bits per heavy atom. The van der Waals surface area contributed by atoms with Gasteiger partial charge in [-0.2, -0.15) is 0 Å². The molecule has 2 N–H and O–H groups in total. The highest BCUT2D eigenvalue weighted by atomic mass is 79.9. The molecule has 1 aliphatic rings. The summed E-state index contributed by atoms with van der Waals surface area (Å²) >= 11 is 3.44. The van der Waals surface area contributed by atoms with E-state index in [-0.39, 0.29) is 24.3 Å². The van der Waals surface area contributed by atoms with Gasteiger partial charge >= 0.3 is 0 Å². The number of rotatable bonds is 7. The Hall–Kier alpha value is -2.58. The minimum atomic E-state index is -0.0967. The molecule has 8 heteroatoms. The van der Waals surface area contributed by atoms with Crippen LogP contribution in [0.3, 0.4) is 0 Å². The number of likely N-dealkylation sites (tertiary alicyclic amines) is 1. The van der Waals surface area contributed by atoms with Gasteiger partial charge in [-0.15, -0.1) is 0 Å². The van der Waals surface area contributed by atoms with Crippen LogP contribution in [0.25, 0.3) is 0 Å². The number of carbonyl (C=O) groups is 2. The lowest BCUT2D eigenvalue weighted by atomic mass is 9.95. The molecule has 2 aromatic carbocycles. The third-order valence-corrected chi connectivity index (χ3v) is 5.93. The Bertz CT molecular complexity index is 942. The van der Waals surface area contributed by atoms with Gasteiger partial charge in [-0.3, -0.25) is 14.5 Å². The van der Waals surface area contributed by atoms with Crippen LogP contribution in [0.1, 0.15) is 18.4 Å². The topological polar surface area (TPSA) is 79.9 Å². The highest BCUT2D eigenvalue weighted by Crippen LogP contribution is 2.30. The number of piperidine rings is 1. The molecule has 1 heterocycles. The van der Waals surface area contributed by atoms with Gasteiger partial charge < -0.3 is 20.1 Å². The normalized spacial score (nSPS) is 14.7. The number of nitrogens with one attached hydrogen (secondary N) is 2. The number of carbonyl (C=O) groups excluding carboxylic acids is 2. The number of anilines is 2. The third kappa shape index (κ3) is 6.21. The monoisotopic (exact) mass is 489 g/mol. The lowest BCUT2D eigenvalue weighted by molar-refractivity contribution is -0.121. The lowest BCUT2D eigenvalue weighted by Crippen LogP contribution is -2.41. The summed E-state index contributed by atoms with van der Waals surface area (Å²) in [6.07, 6.45) is 1.45. The summed E-state index contributed by atoms with van der Waals surface area (Å²) in [6.45, 7) is 3.67. The van der Waals surface area contributed by atoms with Crippen molar-refractivity contribution in [3.05, 3.63) is 46.4 Å². The number of amides is 2. The van der Waals surface area contributed by atoms with E-state index in [0.29, 0.717) is 30.3 Å². The molecule has 3 rings (SSSR count). The molecule has 1 saturated heterocycles. The van der Waals surface area contributed by atoms with E-state index in [2.05, 4.69) is 31.5 Å². The van der Waals surface area contributed by atoms with Crippen LogP contribution in [0.15, 0.2) is 40.9 Å². The summed E-state index contributed by atoms with van der Waals surface area (Å²) in [7, 11) is 3.13. The van der Waals surface area contributed by atoms with Gasteiger partial charge in [0.2, 0.25) is 11.8 Å². The first kappa shape index (κ1) is 23.1. The standard InChI is InChI=1S/C23H28BrN3O4/c1-15-12-17(24)4-6-19(15)26-23(29)16-8-10-27(11-9-16)14-22(28)25-18-5-7-20(30-2)21(13-18)31-3/h4-7,12-13,16H,8-11,14H2,1-3H3,(H,25,28)(H,26,29). The Labute approximate surface area is 191 Å². The van der Waals surface area contributed by atoms with Crippen molar-refractivity contribution >= 4 is 39.1 Å². The van der Waals surface area contributed by atoms with Crippen molar-refractivity contribution in [2.75, 3.05) is 44.5 Å². The van der Waals surface area contributed by atoms with Crippen molar-refractivity contribution in [3.63, 3.8) is 0 Å². The predicted molar refractivity (Wildman–Crippen MR) is 125 cm³/mol. The average Bonchev–Trinajstić information content (AvgIpc) is 2.76. The van der Waals surface area contributed by atoms with E-state index in [9.17, 15) is 9.59 Å². The molecule has 1 aliphatic heterocycles. The molecule has 0 aliphatic carbocycles. The number of aryl methyl sites for hydroxylation is 1. The number of halogens is 1. The number of nitrogens with zero attached hydrogens (tertiary/aromatic N) is 1. The Balaban J connectivity index is 1.47. The van der Waals surface area contributed by atoms with Crippen LogP contribution in [0, 0.1) is 12.8 Å². The zero-order chi connectivity index (χ0) is 22.4. The summed E-state index contributed by atoms with van der Waals surface area (Å²) in [5, 5.41) is 5.93. The second-order valence-electron chi connectivity index (χ2n) is 7.62. The maximum atomic E-state index is 12.6. The largest absolute Gasteiger partial charge is 0.493 e. The molecule has 31 heavy (non-hydrogen) atoms. The smallest absolute Gasteiger partial charge is 0.238 e. The van der Waals surface area contributed by atoms with Gasteiger partial charge in [0.1, 0.15) is 0 Å². The van der Waals surface area contributed by atoms with Crippen LogP contribution in [-0.4, -0.2) is 50.6 Å². The molecule has 2 amide bonds. The molecule has 166 valence electrons. The third-order valence-electron chi connectivity index (χ3n) is 5.44. The van der Waals surface area contributed by atoms with Crippen molar-refractivity contribution in [3.8, 4) is 11.5 Å². The molecule has 0 atom stereocenters. The molecule has 7 nitrogen and oxygen atoms in total. The summed E-state index contributed by atoms with van der Waals surface area (Å²) in [4.78, 5) is 27.2. The van der Waals surface area contributed by atoms with Gasteiger partial charge in [-0.05, 0) is 68.8 Å². The first-order valence-electron chi connectivity index (χ1n) is 10.2. The predicted octanol–water partition coefficient (Wildman–Crippen LogP) is 4.06. The van der Waals surface area contributed by atoms with Gasteiger partial charge in [0.05, 0.1) is 20.8 Å². The summed E-state index contributed by atoms with van der Waals surface area (Å²) in [5.41, 5.74) is 2.51. The van der Waals surface area contributed by atoms with E-state index >= 15 is 0 Å². The second-order valence-corrected chi connectivity index (χ2v) is 8.53. The van der Waals surface area contributed by atoms with E-state index in [1.165, 1.54) is 0 Å². The molecule has 0 aromatic heterocycles. The number of methoxy groups -OCH3 is 2. The quantitative estimate of drug-likeness (QED) is 0.612. The van der Waals surface area contributed by atoms with Crippen molar-refractivity contribution in [2.45, 2.75) is 19.8 Å². The van der Waals surface area contributed by atoms with Gasteiger partial charge in [0.15, 0.2) is 11.5 Å². The molecule has 1 fully saturated rings. The average molecular weight is 490 g/mol. The minimum absolute atomic E-state index is 0.0415. The van der Waals surface area contributed by atoms with Crippen LogP contribution in [0.2, 0.25) is 0 Å². The number of hydrogen-bond acceptors (Lipinski definition) is 5. The zero-order valence-corrected chi connectivity index (χ0v) is 19.6. The molecular formula is C23H28BrN3O4. The van der Waals surface area contributed by atoms with Crippen LogP contribution in [-0.2, 0) is 9.59 Å². The summed E-state index contributed by atoms with van der Waals surface area (Å²) in [6, 6.07) is 11.1. The minimum Gasteiger partial charge on any atom is -0.493 e.